The van der Waals surface area contributed by atoms with Gasteiger partial charge in [-0.25, -0.2) is 0 Å². The number of ketones is 1. The standard InChI is InChI=1S/C14H12ClNO4S.Na.H/c15-11-6-4-10(5-7-11)13(17)9-14(21(18,19)20)12-3-1-2-8-16-12;;/h1-8,14H,9H2,(H,18,19,20);;. The number of halogens is 1. The van der Waals surface area contributed by atoms with E-state index in [1.54, 1.807) is 12.1 Å². The van der Waals surface area contributed by atoms with Gasteiger partial charge in [-0.2, -0.15) is 8.42 Å². The molecule has 0 saturated carbocycles. The van der Waals surface area contributed by atoms with E-state index in [9.17, 15) is 17.8 Å². The normalized spacial score (nSPS) is 12.3. The van der Waals surface area contributed by atoms with Crippen LogP contribution in [0.25, 0.3) is 0 Å². The second kappa shape index (κ2) is 8.19. The van der Waals surface area contributed by atoms with Gasteiger partial charge in [0.1, 0.15) is 5.25 Å². The number of nitrogens with zero attached hydrogens (tertiary/aromatic N) is 1. The van der Waals surface area contributed by atoms with E-state index in [4.69, 9.17) is 11.6 Å². The van der Waals surface area contributed by atoms with E-state index in [2.05, 4.69) is 4.98 Å². The molecule has 5 nitrogen and oxygen atoms in total. The Morgan fingerprint density at radius 2 is 1.82 bits per heavy atom. The van der Waals surface area contributed by atoms with Gasteiger partial charge in [0.15, 0.2) is 5.78 Å². The monoisotopic (exact) mass is 349 g/mol. The van der Waals surface area contributed by atoms with Gasteiger partial charge in [-0.3, -0.25) is 14.3 Å². The van der Waals surface area contributed by atoms with Crippen molar-refractivity contribution in [2.45, 2.75) is 11.7 Å². The fourth-order valence-electron chi connectivity index (χ4n) is 1.85. The Bertz CT molecular complexity index is 735. The van der Waals surface area contributed by atoms with Gasteiger partial charge in [0.05, 0.1) is 5.69 Å². The Balaban J connectivity index is 0.00000242. The average Bonchev–Trinajstić information content (AvgIpc) is 2.45. The molecule has 1 unspecified atom stereocenters. The van der Waals surface area contributed by atoms with Crippen molar-refractivity contribution in [1.82, 2.24) is 4.98 Å². The molecular formula is C14H13ClNNaO4S. The van der Waals surface area contributed by atoms with Crippen LogP contribution in [0.4, 0.5) is 0 Å². The quantitative estimate of drug-likeness (QED) is 0.508. The number of hydrogen-bond donors (Lipinski definition) is 1. The number of carbonyl (C=O) groups excluding carboxylic acids is 1. The summed E-state index contributed by atoms with van der Waals surface area (Å²) in [5.74, 6) is -0.417. The Morgan fingerprint density at radius 1 is 1.18 bits per heavy atom. The van der Waals surface area contributed by atoms with Crippen molar-refractivity contribution in [2.24, 2.45) is 0 Å². The first kappa shape index (κ1) is 19.3. The fraction of sp³-hybridized carbons (Fsp3) is 0.143. The van der Waals surface area contributed by atoms with Crippen molar-refractivity contribution in [3.63, 3.8) is 0 Å². The molecule has 22 heavy (non-hydrogen) atoms. The van der Waals surface area contributed by atoms with Crippen molar-refractivity contribution >= 4 is 57.1 Å². The molecule has 0 spiro atoms. The number of aromatic nitrogens is 1. The molecule has 0 aliphatic rings. The first-order chi connectivity index (χ1) is 9.88. The maximum atomic E-state index is 12.1. The second-order valence-electron chi connectivity index (χ2n) is 4.39. The van der Waals surface area contributed by atoms with Crippen LogP contribution < -0.4 is 0 Å². The van der Waals surface area contributed by atoms with Crippen molar-refractivity contribution in [2.75, 3.05) is 0 Å². The van der Waals surface area contributed by atoms with Crippen LogP contribution in [-0.2, 0) is 10.1 Å². The van der Waals surface area contributed by atoms with Crippen molar-refractivity contribution in [3.8, 4) is 0 Å². The first-order valence-electron chi connectivity index (χ1n) is 6.04. The van der Waals surface area contributed by atoms with Crippen LogP contribution in [0.15, 0.2) is 48.7 Å². The van der Waals surface area contributed by atoms with Gasteiger partial charge in [-0.1, -0.05) is 17.7 Å². The topological polar surface area (TPSA) is 84.3 Å². The van der Waals surface area contributed by atoms with Crippen LogP contribution in [0, 0.1) is 0 Å². The van der Waals surface area contributed by atoms with Gasteiger partial charge < -0.3 is 0 Å². The Labute approximate surface area is 155 Å². The zero-order valence-corrected chi connectivity index (χ0v) is 12.4. The van der Waals surface area contributed by atoms with Crippen LogP contribution in [0.5, 0.6) is 0 Å². The van der Waals surface area contributed by atoms with E-state index in [0.29, 0.717) is 10.6 Å². The maximum absolute atomic E-state index is 12.1. The zero-order valence-electron chi connectivity index (χ0n) is 10.8. The Hall–Kier alpha value is -0.760. The summed E-state index contributed by atoms with van der Waals surface area (Å²) in [6, 6.07) is 10.7. The number of Topliss-reactive ketones (excluding diaryl/α,β-unsaturated/α-hetero) is 1. The summed E-state index contributed by atoms with van der Waals surface area (Å²) in [5, 5.41) is -0.913. The number of carbonyl (C=O) groups is 1. The summed E-state index contributed by atoms with van der Waals surface area (Å²) in [6.45, 7) is 0. The summed E-state index contributed by atoms with van der Waals surface area (Å²) < 4.78 is 32.3. The molecule has 0 bridgehead atoms. The molecule has 2 rings (SSSR count). The summed E-state index contributed by atoms with van der Waals surface area (Å²) in [5.41, 5.74) is 0.450. The Morgan fingerprint density at radius 3 is 2.32 bits per heavy atom. The van der Waals surface area contributed by atoms with E-state index >= 15 is 0 Å². The van der Waals surface area contributed by atoms with Crippen molar-refractivity contribution in [1.29, 1.82) is 0 Å². The predicted octanol–water partition coefficient (Wildman–Crippen LogP) is 2.29. The average molecular weight is 350 g/mol. The van der Waals surface area contributed by atoms with E-state index in [0.717, 1.165) is 0 Å². The SMILES string of the molecule is O=C(CC(c1ccccn1)S(=O)(=O)O)c1ccc(Cl)cc1.[NaH]. The molecule has 1 aromatic heterocycles. The number of pyridine rings is 1. The molecule has 1 aromatic carbocycles. The van der Waals surface area contributed by atoms with Gasteiger partial charge >= 0.3 is 29.6 Å². The summed E-state index contributed by atoms with van der Waals surface area (Å²) in [7, 11) is -4.44. The van der Waals surface area contributed by atoms with Crippen LogP contribution in [0.1, 0.15) is 27.7 Å². The van der Waals surface area contributed by atoms with E-state index in [-0.39, 0.29) is 35.3 Å². The molecule has 1 heterocycles. The molecule has 0 amide bonds. The third kappa shape index (κ3) is 5.15. The summed E-state index contributed by atoms with van der Waals surface area (Å²) in [6.07, 6.45) is 1.01. The van der Waals surface area contributed by atoms with Crippen LogP contribution >= 0.6 is 11.6 Å². The number of benzene rings is 1. The summed E-state index contributed by atoms with van der Waals surface area (Å²) in [4.78, 5) is 16.0. The molecule has 1 N–H and O–H groups in total. The number of rotatable bonds is 5. The van der Waals surface area contributed by atoms with E-state index in [1.165, 1.54) is 36.5 Å². The van der Waals surface area contributed by atoms with Gasteiger partial charge in [0.25, 0.3) is 10.1 Å². The first-order valence-corrected chi connectivity index (χ1v) is 7.92. The molecule has 112 valence electrons. The fourth-order valence-corrected chi connectivity index (χ4v) is 2.78. The molecule has 0 radical (unpaired) electrons. The molecule has 2 aromatic rings. The predicted molar refractivity (Wildman–Crippen MR) is 86.1 cm³/mol. The van der Waals surface area contributed by atoms with Gasteiger partial charge in [0.2, 0.25) is 0 Å². The third-order valence-corrected chi connectivity index (χ3v) is 4.29. The summed E-state index contributed by atoms with van der Waals surface area (Å²) >= 11 is 5.73. The van der Waals surface area contributed by atoms with Crippen LogP contribution in [-0.4, -0.2) is 53.3 Å². The minimum atomic E-state index is -4.44. The van der Waals surface area contributed by atoms with Crippen LogP contribution in [0.2, 0.25) is 5.02 Å². The molecule has 0 saturated heterocycles. The van der Waals surface area contributed by atoms with E-state index in [1.807, 2.05) is 0 Å². The minimum absolute atomic E-state index is 0. The zero-order chi connectivity index (χ0) is 15.5. The molecule has 0 fully saturated rings. The number of hydrogen-bond acceptors (Lipinski definition) is 4. The third-order valence-electron chi connectivity index (χ3n) is 2.91. The Kier molecular flexibility index (Phi) is 7.18. The second-order valence-corrected chi connectivity index (χ2v) is 6.43. The van der Waals surface area contributed by atoms with Crippen molar-refractivity contribution in [3.05, 3.63) is 64.9 Å². The van der Waals surface area contributed by atoms with Crippen molar-refractivity contribution < 1.29 is 17.8 Å². The van der Waals surface area contributed by atoms with Gasteiger partial charge in [-0.15, -0.1) is 0 Å². The molecular weight excluding hydrogens is 337 g/mol. The van der Waals surface area contributed by atoms with Crippen LogP contribution in [0.3, 0.4) is 0 Å². The molecule has 8 heteroatoms. The molecule has 1 atom stereocenters. The van der Waals surface area contributed by atoms with Gasteiger partial charge in [-0.05, 0) is 36.4 Å². The van der Waals surface area contributed by atoms with Gasteiger partial charge in [0, 0.05) is 23.2 Å². The molecule has 0 aliphatic heterocycles. The van der Waals surface area contributed by atoms with E-state index < -0.39 is 27.6 Å². The molecule has 0 aliphatic carbocycles.